The monoisotopic (exact) mass is 261 g/mol. The van der Waals surface area contributed by atoms with Crippen molar-refractivity contribution in [2.24, 2.45) is 5.92 Å². The van der Waals surface area contributed by atoms with E-state index >= 15 is 0 Å². The zero-order valence-electron chi connectivity index (χ0n) is 12.2. The summed E-state index contributed by atoms with van der Waals surface area (Å²) in [7, 11) is 0. The summed E-state index contributed by atoms with van der Waals surface area (Å²) in [5, 5.41) is 14.2. The minimum absolute atomic E-state index is 0.326. The van der Waals surface area contributed by atoms with E-state index in [1.807, 2.05) is 0 Å². The second-order valence-corrected chi connectivity index (χ2v) is 6.30. The van der Waals surface area contributed by atoms with Gasteiger partial charge < -0.3 is 10.4 Å². The van der Waals surface area contributed by atoms with Gasteiger partial charge >= 0.3 is 0 Å². The smallest absolute Gasteiger partial charge is 0.0771 e. The Bertz CT molecular complexity index is 368. The fourth-order valence-electron chi connectivity index (χ4n) is 3.09. The van der Waals surface area contributed by atoms with Crippen molar-refractivity contribution in [2.75, 3.05) is 6.54 Å². The Kier molecular flexibility index (Phi) is 5.00. The molecule has 1 aliphatic rings. The average molecular weight is 261 g/mol. The molecule has 1 aromatic rings. The minimum atomic E-state index is -0.486. The maximum absolute atomic E-state index is 10.6. The van der Waals surface area contributed by atoms with E-state index in [2.05, 4.69) is 49.5 Å². The van der Waals surface area contributed by atoms with Crippen LogP contribution >= 0.6 is 0 Å². The molecule has 1 unspecified atom stereocenters. The Hall–Kier alpha value is -0.860. The van der Waals surface area contributed by atoms with Crippen LogP contribution in [0.5, 0.6) is 0 Å². The lowest BCUT2D eigenvalue weighted by molar-refractivity contribution is 0.00137. The molecule has 2 N–H and O–H groups in total. The van der Waals surface area contributed by atoms with Gasteiger partial charge in [-0.25, -0.2) is 0 Å². The maximum Gasteiger partial charge on any atom is 0.0771 e. The molecule has 2 heteroatoms. The largest absolute Gasteiger partial charge is 0.389 e. The summed E-state index contributed by atoms with van der Waals surface area (Å²) in [5.74, 6) is 0.523. The first kappa shape index (κ1) is 14.5. The van der Waals surface area contributed by atoms with Gasteiger partial charge in [0.2, 0.25) is 0 Å². The first-order chi connectivity index (χ1) is 9.11. The zero-order valence-corrected chi connectivity index (χ0v) is 12.2. The number of rotatable bonds is 5. The quantitative estimate of drug-likeness (QED) is 0.847. The van der Waals surface area contributed by atoms with Crippen LogP contribution in [0.3, 0.4) is 0 Å². The molecule has 1 fully saturated rings. The lowest BCUT2D eigenvalue weighted by Crippen LogP contribution is -2.44. The second-order valence-electron chi connectivity index (χ2n) is 6.30. The maximum atomic E-state index is 10.6. The predicted octanol–water partition coefficient (Wildman–Crippen LogP) is 3.67. The molecular formula is C17H27NO. The third kappa shape index (κ3) is 4.05. The standard InChI is InChI=1S/C17H27NO/c1-14(2)16(15-9-5-3-6-10-15)18-13-17(19)11-7-4-8-12-17/h3,5-6,9-10,14,16,18-19H,4,7-8,11-13H2,1-2H3. The van der Waals surface area contributed by atoms with Crippen molar-refractivity contribution in [3.8, 4) is 0 Å². The van der Waals surface area contributed by atoms with Gasteiger partial charge in [0.1, 0.15) is 0 Å². The molecule has 0 heterocycles. The number of aliphatic hydroxyl groups is 1. The average Bonchev–Trinajstić information content (AvgIpc) is 2.40. The minimum Gasteiger partial charge on any atom is -0.389 e. The van der Waals surface area contributed by atoms with Crippen LogP contribution in [0, 0.1) is 5.92 Å². The van der Waals surface area contributed by atoms with Crippen LogP contribution in [0.25, 0.3) is 0 Å². The van der Waals surface area contributed by atoms with Crippen LogP contribution in [-0.2, 0) is 0 Å². The van der Waals surface area contributed by atoms with Crippen LogP contribution in [-0.4, -0.2) is 17.3 Å². The molecule has 2 nitrogen and oxygen atoms in total. The molecule has 0 radical (unpaired) electrons. The van der Waals surface area contributed by atoms with Crippen molar-refractivity contribution < 1.29 is 5.11 Å². The zero-order chi connectivity index (χ0) is 13.7. The second kappa shape index (κ2) is 6.53. The van der Waals surface area contributed by atoms with Gasteiger partial charge in [-0.1, -0.05) is 63.4 Å². The SMILES string of the molecule is CC(C)C(NCC1(O)CCCCC1)c1ccccc1. The molecule has 19 heavy (non-hydrogen) atoms. The summed E-state index contributed by atoms with van der Waals surface area (Å²) in [5.41, 5.74) is 0.831. The lowest BCUT2D eigenvalue weighted by atomic mass is 9.84. The van der Waals surface area contributed by atoms with Crippen LogP contribution in [0.1, 0.15) is 57.6 Å². The van der Waals surface area contributed by atoms with E-state index in [9.17, 15) is 5.11 Å². The third-order valence-corrected chi connectivity index (χ3v) is 4.26. The highest BCUT2D eigenvalue weighted by Crippen LogP contribution is 2.29. The van der Waals surface area contributed by atoms with Crippen LogP contribution in [0.4, 0.5) is 0 Å². The van der Waals surface area contributed by atoms with Crippen molar-refractivity contribution in [3.05, 3.63) is 35.9 Å². The summed E-state index contributed by atoms with van der Waals surface area (Å²) in [6.07, 6.45) is 5.49. The highest BCUT2D eigenvalue weighted by molar-refractivity contribution is 5.19. The molecule has 0 saturated heterocycles. The summed E-state index contributed by atoms with van der Waals surface area (Å²) in [4.78, 5) is 0. The Labute approximate surface area is 117 Å². The fourth-order valence-corrected chi connectivity index (χ4v) is 3.09. The lowest BCUT2D eigenvalue weighted by Gasteiger charge is -2.35. The molecule has 0 bridgehead atoms. The van der Waals surface area contributed by atoms with Crippen molar-refractivity contribution in [3.63, 3.8) is 0 Å². The van der Waals surface area contributed by atoms with Crippen molar-refractivity contribution in [1.29, 1.82) is 0 Å². The summed E-state index contributed by atoms with van der Waals surface area (Å²) in [6.45, 7) is 5.18. The first-order valence-corrected chi connectivity index (χ1v) is 7.61. The highest BCUT2D eigenvalue weighted by Gasteiger charge is 2.30. The Balaban J connectivity index is 1.98. The van der Waals surface area contributed by atoms with E-state index in [-0.39, 0.29) is 0 Å². The summed E-state index contributed by atoms with van der Waals surface area (Å²) < 4.78 is 0. The van der Waals surface area contributed by atoms with Crippen molar-refractivity contribution in [1.82, 2.24) is 5.32 Å². The van der Waals surface area contributed by atoms with Gasteiger partial charge in [0, 0.05) is 12.6 Å². The van der Waals surface area contributed by atoms with E-state index in [0.717, 1.165) is 25.7 Å². The molecule has 1 aromatic carbocycles. The van der Waals surface area contributed by atoms with Gasteiger partial charge in [-0.3, -0.25) is 0 Å². The van der Waals surface area contributed by atoms with E-state index < -0.39 is 5.60 Å². The van der Waals surface area contributed by atoms with Gasteiger partial charge in [0.05, 0.1) is 5.60 Å². The van der Waals surface area contributed by atoms with Crippen LogP contribution in [0.2, 0.25) is 0 Å². The van der Waals surface area contributed by atoms with Gasteiger partial charge in [-0.05, 0) is 24.3 Å². The van der Waals surface area contributed by atoms with Crippen molar-refractivity contribution in [2.45, 2.75) is 57.6 Å². The molecule has 106 valence electrons. The van der Waals surface area contributed by atoms with Gasteiger partial charge in [-0.2, -0.15) is 0 Å². The van der Waals surface area contributed by atoms with Gasteiger partial charge in [0.25, 0.3) is 0 Å². The molecule has 0 aliphatic heterocycles. The summed E-state index contributed by atoms with van der Waals surface area (Å²) >= 11 is 0. The number of nitrogens with one attached hydrogen (secondary N) is 1. The molecule has 1 atom stereocenters. The molecular weight excluding hydrogens is 234 g/mol. The highest BCUT2D eigenvalue weighted by atomic mass is 16.3. The van der Waals surface area contributed by atoms with Gasteiger partial charge in [0.15, 0.2) is 0 Å². The molecule has 1 saturated carbocycles. The topological polar surface area (TPSA) is 32.3 Å². The van der Waals surface area contributed by atoms with E-state index in [4.69, 9.17) is 0 Å². The van der Waals surface area contributed by atoms with E-state index in [1.54, 1.807) is 0 Å². The first-order valence-electron chi connectivity index (χ1n) is 7.61. The molecule has 0 spiro atoms. The van der Waals surface area contributed by atoms with Gasteiger partial charge in [-0.15, -0.1) is 0 Å². The molecule has 1 aliphatic carbocycles. The number of hydrogen-bond acceptors (Lipinski definition) is 2. The normalized spacial score (nSPS) is 20.4. The Morgan fingerprint density at radius 1 is 1.11 bits per heavy atom. The number of hydrogen-bond donors (Lipinski definition) is 2. The molecule has 0 aromatic heterocycles. The fraction of sp³-hybridized carbons (Fsp3) is 0.647. The van der Waals surface area contributed by atoms with E-state index in [1.165, 1.54) is 12.0 Å². The molecule has 0 amide bonds. The van der Waals surface area contributed by atoms with Crippen molar-refractivity contribution >= 4 is 0 Å². The van der Waals surface area contributed by atoms with E-state index in [0.29, 0.717) is 18.5 Å². The summed E-state index contributed by atoms with van der Waals surface area (Å²) in [6, 6.07) is 10.9. The van der Waals surface area contributed by atoms with Crippen LogP contribution in [0.15, 0.2) is 30.3 Å². The third-order valence-electron chi connectivity index (χ3n) is 4.26. The van der Waals surface area contributed by atoms with Crippen LogP contribution < -0.4 is 5.32 Å². The Morgan fingerprint density at radius 3 is 2.32 bits per heavy atom. The Morgan fingerprint density at radius 2 is 1.74 bits per heavy atom. The number of benzene rings is 1. The predicted molar refractivity (Wildman–Crippen MR) is 80.1 cm³/mol. The molecule has 2 rings (SSSR count).